The van der Waals surface area contributed by atoms with Gasteiger partial charge in [0, 0.05) is 56.3 Å². The fourth-order valence-corrected chi connectivity index (χ4v) is 7.45. The summed E-state index contributed by atoms with van der Waals surface area (Å²) >= 11 is 0. The first-order valence-corrected chi connectivity index (χ1v) is 16.7. The number of likely N-dealkylation sites (tertiary alicyclic amines) is 2. The number of nitrogens with one attached hydrogen (secondary N) is 1. The summed E-state index contributed by atoms with van der Waals surface area (Å²) in [7, 11) is 0. The fourth-order valence-electron chi connectivity index (χ4n) is 7.45. The Hall–Kier alpha value is -4.14. The van der Waals surface area contributed by atoms with E-state index in [2.05, 4.69) is 16.8 Å². The average molecular weight is 623 g/mol. The number of benzene rings is 3. The summed E-state index contributed by atoms with van der Waals surface area (Å²) in [4.78, 5) is 33.0. The highest BCUT2D eigenvalue weighted by Crippen LogP contribution is 2.40. The Bertz CT molecular complexity index is 1450. The maximum atomic E-state index is 13.4. The maximum Gasteiger partial charge on any atom is 0.322 e. The molecule has 1 saturated carbocycles. The van der Waals surface area contributed by atoms with Gasteiger partial charge in [0.05, 0.1) is 6.54 Å². The highest BCUT2D eigenvalue weighted by Gasteiger charge is 2.49. The molecule has 242 valence electrons. The van der Waals surface area contributed by atoms with E-state index in [-0.39, 0.29) is 29.8 Å². The van der Waals surface area contributed by atoms with Crippen molar-refractivity contribution in [3.63, 3.8) is 0 Å². The third-order valence-corrected chi connectivity index (χ3v) is 9.99. The summed E-state index contributed by atoms with van der Waals surface area (Å²) in [6, 6.07) is 26.8. The summed E-state index contributed by atoms with van der Waals surface area (Å²) in [5.74, 6) is 1.68. The minimum Gasteiger partial charge on any atom is -0.457 e. The van der Waals surface area contributed by atoms with Crippen LogP contribution in [0, 0.1) is 11.8 Å². The summed E-state index contributed by atoms with van der Waals surface area (Å²) < 4.78 is 5.88. The monoisotopic (exact) mass is 622 g/mol. The first kappa shape index (κ1) is 31.8. The second-order valence-corrected chi connectivity index (χ2v) is 13.0. The quantitative estimate of drug-likeness (QED) is 0.252. The van der Waals surface area contributed by atoms with Gasteiger partial charge in [-0.05, 0) is 67.6 Å². The molecule has 2 atom stereocenters. The van der Waals surface area contributed by atoms with E-state index in [0.29, 0.717) is 37.6 Å². The molecule has 2 saturated heterocycles. The standard InChI is InChI=1S/C38H46N4O4/c1-2-23-42(37(44)39-32-17-19-35(20-18-32)46-34-15-7-4-8-16-34)33-21-24-40(25-22-33)26-31-27-41(36(43)29-11-9-10-12-29)28-38(31,45)30-13-5-3-6-14-30/h2-8,13-20,29,31,33,45H,1,9-12,21-28H2,(H,39,44)/t31-,38-/m0/s1. The molecule has 0 bridgehead atoms. The van der Waals surface area contributed by atoms with Gasteiger partial charge >= 0.3 is 6.03 Å². The third kappa shape index (κ3) is 7.29. The van der Waals surface area contributed by atoms with E-state index in [1.54, 1.807) is 6.08 Å². The van der Waals surface area contributed by atoms with Crippen molar-refractivity contribution >= 4 is 17.6 Å². The Morgan fingerprint density at radius 1 is 0.913 bits per heavy atom. The molecule has 3 fully saturated rings. The van der Waals surface area contributed by atoms with Crippen molar-refractivity contribution in [1.29, 1.82) is 0 Å². The number of carbonyl (C=O) groups is 2. The summed E-state index contributed by atoms with van der Waals surface area (Å²) in [5, 5.41) is 15.2. The van der Waals surface area contributed by atoms with Crippen LogP contribution < -0.4 is 10.1 Å². The van der Waals surface area contributed by atoms with Crippen molar-refractivity contribution in [2.24, 2.45) is 11.8 Å². The predicted molar refractivity (Wildman–Crippen MR) is 181 cm³/mol. The number of aliphatic hydroxyl groups is 1. The molecule has 46 heavy (non-hydrogen) atoms. The summed E-state index contributed by atoms with van der Waals surface area (Å²) in [6.07, 6.45) is 7.57. The molecule has 0 radical (unpaired) electrons. The van der Waals surface area contributed by atoms with Crippen LogP contribution in [0.1, 0.15) is 44.1 Å². The van der Waals surface area contributed by atoms with Crippen LogP contribution in [0.5, 0.6) is 11.5 Å². The minimum absolute atomic E-state index is 0.0759. The predicted octanol–water partition coefficient (Wildman–Crippen LogP) is 6.50. The van der Waals surface area contributed by atoms with Crippen LogP contribution >= 0.6 is 0 Å². The lowest BCUT2D eigenvalue weighted by molar-refractivity contribution is -0.135. The number of anilines is 1. The molecule has 8 heteroatoms. The van der Waals surface area contributed by atoms with Gasteiger partial charge in [-0.15, -0.1) is 6.58 Å². The largest absolute Gasteiger partial charge is 0.457 e. The number of hydrogen-bond donors (Lipinski definition) is 2. The van der Waals surface area contributed by atoms with Crippen molar-refractivity contribution in [2.45, 2.75) is 50.2 Å². The van der Waals surface area contributed by atoms with Crippen LogP contribution in [0.3, 0.4) is 0 Å². The first-order chi connectivity index (χ1) is 22.4. The highest BCUT2D eigenvalue weighted by molar-refractivity contribution is 5.89. The molecule has 1 aliphatic carbocycles. The zero-order chi connectivity index (χ0) is 31.9. The Morgan fingerprint density at radius 3 is 2.20 bits per heavy atom. The number of urea groups is 1. The van der Waals surface area contributed by atoms with Gasteiger partial charge in [-0.1, -0.05) is 67.4 Å². The van der Waals surface area contributed by atoms with Crippen molar-refractivity contribution < 1.29 is 19.4 Å². The van der Waals surface area contributed by atoms with Gasteiger partial charge in [-0.25, -0.2) is 4.79 Å². The van der Waals surface area contributed by atoms with Gasteiger partial charge in [0.15, 0.2) is 0 Å². The first-order valence-electron chi connectivity index (χ1n) is 16.7. The SMILES string of the molecule is C=CCN(C(=O)Nc1ccc(Oc2ccccc2)cc1)C1CCN(C[C@H]2CN(C(=O)C3CCCC3)C[C@]2(O)c2ccccc2)CC1. The number of para-hydroxylation sites is 1. The molecule has 3 aliphatic rings. The number of piperidine rings is 1. The molecule has 3 aromatic carbocycles. The zero-order valence-electron chi connectivity index (χ0n) is 26.6. The zero-order valence-corrected chi connectivity index (χ0v) is 26.6. The minimum atomic E-state index is -1.08. The number of β-amino-alcohol motifs (C(OH)–C–C–N with tert-alkyl or cyclic N) is 1. The molecule has 6 rings (SSSR count). The van der Waals surface area contributed by atoms with E-state index >= 15 is 0 Å². The molecule has 2 heterocycles. The Balaban J connectivity index is 1.06. The molecule has 2 N–H and O–H groups in total. The molecular weight excluding hydrogens is 576 g/mol. The number of ether oxygens (including phenoxy) is 1. The van der Waals surface area contributed by atoms with Crippen LogP contribution in [0.4, 0.5) is 10.5 Å². The number of carbonyl (C=O) groups excluding carboxylic acids is 2. The molecule has 2 aliphatic heterocycles. The van der Waals surface area contributed by atoms with Crippen molar-refractivity contribution in [1.82, 2.24) is 14.7 Å². The number of nitrogens with zero attached hydrogens (tertiary/aromatic N) is 3. The Morgan fingerprint density at radius 2 is 1.54 bits per heavy atom. The van der Waals surface area contributed by atoms with E-state index in [1.807, 2.05) is 94.7 Å². The van der Waals surface area contributed by atoms with Gasteiger partial charge in [0.1, 0.15) is 17.1 Å². The van der Waals surface area contributed by atoms with Crippen molar-refractivity contribution in [2.75, 3.05) is 44.6 Å². The second-order valence-electron chi connectivity index (χ2n) is 13.0. The fraction of sp³-hybridized carbons (Fsp3) is 0.421. The van der Waals surface area contributed by atoms with E-state index in [9.17, 15) is 14.7 Å². The van der Waals surface area contributed by atoms with Crippen molar-refractivity contribution in [3.05, 3.63) is 103 Å². The van der Waals surface area contributed by atoms with E-state index in [1.165, 1.54) is 0 Å². The van der Waals surface area contributed by atoms with Gasteiger partial charge in [-0.2, -0.15) is 0 Å². The normalized spacial score (nSPS) is 22.5. The summed E-state index contributed by atoms with van der Waals surface area (Å²) in [5.41, 5.74) is 0.503. The van der Waals surface area contributed by atoms with E-state index in [0.717, 1.165) is 62.9 Å². The smallest absolute Gasteiger partial charge is 0.322 e. The van der Waals surface area contributed by atoms with Crippen LogP contribution in [0.2, 0.25) is 0 Å². The van der Waals surface area contributed by atoms with Crippen LogP contribution in [0.25, 0.3) is 0 Å². The maximum absolute atomic E-state index is 13.4. The van der Waals surface area contributed by atoms with Gasteiger partial charge in [0.25, 0.3) is 0 Å². The number of amides is 3. The van der Waals surface area contributed by atoms with Crippen LogP contribution in [0.15, 0.2) is 97.6 Å². The number of rotatable bonds is 10. The van der Waals surface area contributed by atoms with Gasteiger partial charge < -0.3 is 29.9 Å². The third-order valence-electron chi connectivity index (χ3n) is 9.99. The Kier molecular flexibility index (Phi) is 10.0. The molecule has 3 aromatic rings. The molecule has 3 amide bonds. The topological polar surface area (TPSA) is 85.4 Å². The average Bonchev–Trinajstić information content (AvgIpc) is 3.75. The van der Waals surface area contributed by atoms with E-state index < -0.39 is 5.60 Å². The van der Waals surface area contributed by atoms with Crippen LogP contribution in [-0.4, -0.2) is 77.1 Å². The molecular formula is C38H46N4O4. The molecule has 0 unspecified atom stereocenters. The second kappa shape index (κ2) is 14.5. The Labute approximate surface area is 272 Å². The van der Waals surface area contributed by atoms with Gasteiger partial charge in [0.2, 0.25) is 5.91 Å². The summed E-state index contributed by atoms with van der Waals surface area (Å²) in [6.45, 7) is 7.62. The molecule has 8 nitrogen and oxygen atoms in total. The number of hydrogen-bond acceptors (Lipinski definition) is 5. The van der Waals surface area contributed by atoms with E-state index in [4.69, 9.17) is 4.74 Å². The van der Waals surface area contributed by atoms with Crippen LogP contribution in [-0.2, 0) is 10.4 Å². The highest BCUT2D eigenvalue weighted by atomic mass is 16.5. The molecule has 0 spiro atoms. The lowest BCUT2D eigenvalue weighted by atomic mass is 9.83. The van der Waals surface area contributed by atoms with Crippen molar-refractivity contribution in [3.8, 4) is 11.5 Å². The lowest BCUT2D eigenvalue weighted by Gasteiger charge is -2.40. The molecule has 0 aromatic heterocycles. The van der Waals surface area contributed by atoms with Gasteiger partial charge in [-0.3, -0.25) is 4.79 Å². The lowest BCUT2D eigenvalue weighted by Crippen LogP contribution is -2.50.